The molecule has 0 radical (unpaired) electrons. The van der Waals surface area contributed by atoms with Gasteiger partial charge in [0, 0.05) is 13.1 Å². The van der Waals surface area contributed by atoms with Gasteiger partial charge in [-0.2, -0.15) is 0 Å². The Hall–Kier alpha value is -0.680. The van der Waals surface area contributed by atoms with Gasteiger partial charge in [0.1, 0.15) is 0 Å². The molecule has 0 saturated carbocycles. The van der Waals surface area contributed by atoms with Crippen LogP contribution in [0.25, 0.3) is 0 Å². The topological polar surface area (TPSA) is 88.8 Å². The van der Waals surface area contributed by atoms with Crippen LogP contribution in [0.15, 0.2) is 9.98 Å². The number of nitrogens with zero attached hydrogens (tertiary/aromatic N) is 2. The standard InChI is InChI=1S/C14H31N5.2ClH/c1-3-5-7-8-9-10-12-18-14(16)19-13(15)17-11-6-4-2;;/h3-12H2,1-2H3,(H5,15,16,17,18,19);2*1H. The molecule has 0 saturated heterocycles. The molecule has 0 bridgehead atoms. The molecule has 128 valence electrons. The Labute approximate surface area is 142 Å². The highest BCUT2D eigenvalue weighted by molar-refractivity contribution is 5.96. The fourth-order valence-corrected chi connectivity index (χ4v) is 1.66. The van der Waals surface area contributed by atoms with Gasteiger partial charge >= 0.3 is 0 Å². The quantitative estimate of drug-likeness (QED) is 0.323. The predicted octanol–water partition coefficient (Wildman–Crippen LogP) is 3.21. The molecule has 0 atom stereocenters. The molecule has 5 nitrogen and oxygen atoms in total. The summed E-state index contributed by atoms with van der Waals surface area (Å²) in [6.07, 6.45) is 9.68. The van der Waals surface area contributed by atoms with Crippen molar-refractivity contribution in [1.29, 1.82) is 0 Å². The molecule has 0 aromatic rings. The molecule has 7 heteroatoms. The zero-order valence-electron chi connectivity index (χ0n) is 13.4. The molecule has 0 aliphatic heterocycles. The van der Waals surface area contributed by atoms with Gasteiger partial charge in [-0.15, -0.1) is 24.8 Å². The van der Waals surface area contributed by atoms with Gasteiger partial charge in [-0.25, -0.2) is 0 Å². The van der Waals surface area contributed by atoms with Crippen molar-refractivity contribution in [3.8, 4) is 0 Å². The van der Waals surface area contributed by atoms with E-state index >= 15 is 0 Å². The van der Waals surface area contributed by atoms with Crippen LogP contribution >= 0.6 is 24.8 Å². The van der Waals surface area contributed by atoms with Crippen molar-refractivity contribution in [3.05, 3.63) is 0 Å². The average molecular weight is 342 g/mol. The number of nitrogens with one attached hydrogen (secondary N) is 1. The summed E-state index contributed by atoms with van der Waals surface area (Å²) in [5.41, 5.74) is 11.4. The third kappa shape index (κ3) is 19.3. The number of guanidine groups is 2. The minimum Gasteiger partial charge on any atom is -0.370 e. The largest absolute Gasteiger partial charge is 0.370 e. The van der Waals surface area contributed by atoms with Crippen LogP contribution in [-0.2, 0) is 0 Å². The Morgan fingerprint density at radius 2 is 1.14 bits per heavy atom. The summed E-state index contributed by atoms with van der Waals surface area (Å²) in [5, 5.41) is 2.81. The van der Waals surface area contributed by atoms with Crippen LogP contribution in [0.4, 0.5) is 0 Å². The summed E-state index contributed by atoms with van der Waals surface area (Å²) in [6.45, 7) is 5.84. The molecular formula is C14H33Cl2N5. The van der Waals surface area contributed by atoms with E-state index in [2.05, 4.69) is 29.1 Å². The molecule has 0 aromatic heterocycles. The number of rotatable bonds is 10. The van der Waals surface area contributed by atoms with Crippen molar-refractivity contribution >= 4 is 36.7 Å². The van der Waals surface area contributed by atoms with Crippen molar-refractivity contribution in [2.45, 2.75) is 65.2 Å². The van der Waals surface area contributed by atoms with E-state index in [0.717, 1.165) is 32.4 Å². The van der Waals surface area contributed by atoms with E-state index in [-0.39, 0.29) is 24.8 Å². The van der Waals surface area contributed by atoms with Crippen molar-refractivity contribution in [2.75, 3.05) is 13.1 Å². The van der Waals surface area contributed by atoms with Crippen molar-refractivity contribution < 1.29 is 0 Å². The van der Waals surface area contributed by atoms with Gasteiger partial charge in [-0.05, 0) is 12.8 Å². The molecule has 0 aliphatic rings. The van der Waals surface area contributed by atoms with E-state index in [0.29, 0.717) is 11.9 Å². The fraction of sp³-hybridized carbons (Fsp3) is 0.857. The molecule has 0 amide bonds. The van der Waals surface area contributed by atoms with Gasteiger partial charge < -0.3 is 11.5 Å². The first kappa shape index (κ1) is 25.3. The maximum atomic E-state index is 5.72. The molecule has 0 spiro atoms. The summed E-state index contributed by atoms with van der Waals surface area (Å²) >= 11 is 0. The molecule has 0 aliphatic carbocycles. The Balaban J connectivity index is -0.00000162. The van der Waals surface area contributed by atoms with E-state index in [1.165, 1.54) is 32.1 Å². The van der Waals surface area contributed by atoms with Crippen LogP contribution in [0.3, 0.4) is 0 Å². The lowest BCUT2D eigenvalue weighted by Gasteiger charge is -2.04. The Kier molecular flexibility index (Phi) is 23.3. The first-order valence-corrected chi connectivity index (χ1v) is 7.57. The lowest BCUT2D eigenvalue weighted by molar-refractivity contribution is 0.612. The Bertz CT molecular complexity index is 270. The highest BCUT2D eigenvalue weighted by atomic mass is 35.5. The number of halogens is 2. The van der Waals surface area contributed by atoms with Crippen LogP contribution in [0, 0.1) is 0 Å². The second-order valence-electron chi connectivity index (χ2n) is 4.78. The molecule has 21 heavy (non-hydrogen) atoms. The van der Waals surface area contributed by atoms with E-state index in [1.807, 2.05) is 0 Å². The van der Waals surface area contributed by atoms with Gasteiger partial charge in [0.2, 0.25) is 0 Å². The molecule has 0 unspecified atom stereocenters. The maximum Gasteiger partial charge on any atom is 0.195 e. The van der Waals surface area contributed by atoms with Crippen molar-refractivity contribution in [3.63, 3.8) is 0 Å². The summed E-state index contributed by atoms with van der Waals surface area (Å²) in [4.78, 5) is 8.39. The predicted molar refractivity (Wildman–Crippen MR) is 98.9 cm³/mol. The number of aliphatic imine (C=N–C) groups is 2. The number of hydrogen-bond acceptors (Lipinski definition) is 2. The molecule has 0 heterocycles. The van der Waals surface area contributed by atoms with E-state index in [1.54, 1.807) is 0 Å². The van der Waals surface area contributed by atoms with Gasteiger partial charge in [0.05, 0.1) is 0 Å². The zero-order chi connectivity index (χ0) is 14.3. The van der Waals surface area contributed by atoms with Crippen LogP contribution in [-0.4, -0.2) is 25.0 Å². The lowest BCUT2D eigenvalue weighted by atomic mass is 10.1. The summed E-state index contributed by atoms with van der Waals surface area (Å²) < 4.78 is 0. The first-order chi connectivity index (χ1) is 9.20. The average Bonchev–Trinajstić information content (AvgIpc) is 2.38. The highest BCUT2D eigenvalue weighted by Crippen LogP contribution is 2.04. The smallest absolute Gasteiger partial charge is 0.195 e. The van der Waals surface area contributed by atoms with Crippen LogP contribution < -0.4 is 16.8 Å². The van der Waals surface area contributed by atoms with E-state index in [9.17, 15) is 0 Å². The second-order valence-corrected chi connectivity index (χ2v) is 4.78. The molecule has 0 rings (SSSR count). The van der Waals surface area contributed by atoms with Gasteiger partial charge in [-0.1, -0.05) is 52.4 Å². The van der Waals surface area contributed by atoms with Gasteiger partial charge in [0.25, 0.3) is 0 Å². The van der Waals surface area contributed by atoms with E-state index in [4.69, 9.17) is 11.5 Å². The molecule has 0 fully saturated rings. The third-order valence-electron chi connectivity index (χ3n) is 2.84. The lowest BCUT2D eigenvalue weighted by Crippen LogP contribution is -2.41. The number of nitrogens with two attached hydrogens (primary N) is 2. The normalized spacial score (nSPS) is 11.5. The first-order valence-electron chi connectivity index (χ1n) is 7.57. The Morgan fingerprint density at radius 3 is 1.67 bits per heavy atom. The summed E-state index contributed by atoms with van der Waals surface area (Å²) in [5.74, 6) is 0.726. The van der Waals surface area contributed by atoms with Gasteiger partial charge in [-0.3, -0.25) is 15.3 Å². The molecule has 0 aromatic carbocycles. The minimum absolute atomic E-state index is 0. The maximum absolute atomic E-state index is 5.72. The fourth-order valence-electron chi connectivity index (χ4n) is 1.66. The number of unbranched alkanes of at least 4 members (excludes halogenated alkanes) is 6. The van der Waals surface area contributed by atoms with Crippen LogP contribution in [0.2, 0.25) is 0 Å². The third-order valence-corrected chi connectivity index (χ3v) is 2.84. The molecular weight excluding hydrogens is 309 g/mol. The Morgan fingerprint density at radius 1 is 0.714 bits per heavy atom. The number of hydrogen-bond donors (Lipinski definition) is 3. The highest BCUT2D eigenvalue weighted by Gasteiger charge is 1.95. The van der Waals surface area contributed by atoms with Crippen molar-refractivity contribution in [1.82, 2.24) is 5.32 Å². The minimum atomic E-state index is 0. The molecule has 5 N–H and O–H groups in total. The van der Waals surface area contributed by atoms with Crippen molar-refractivity contribution in [2.24, 2.45) is 21.5 Å². The van der Waals surface area contributed by atoms with E-state index < -0.39 is 0 Å². The summed E-state index contributed by atoms with van der Waals surface area (Å²) in [6, 6.07) is 0. The monoisotopic (exact) mass is 341 g/mol. The SMILES string of the molecule is CCCCCCCCN=C(N)NC(N)=NCCCC.Cl.Cl. The van der Waals surface area contributed by atoms with Crippen LogP contribution in [0.1, 0.15) is 65.2 Å². The van der Waals surface area contributed by atoms with Gasteiger partial charge in [0.15, 0.2) is 11.9 Å². The van der Waals surface area contributed by atoms with Crippen LogP contribution in [0.5, 0.6) is 0 Å². The zero-order valence-corrected chi connectivity index (χ0v) is 15.1. The second kappa shape index (κ2) is 19.3. The summed E-state index contributed by atoms with van der Waals surface area (Å²) in [7, 11) is 0.